The Labute approximate surface area is 281 Å². The van der Waals surface area contributed by atoms with Crippen LogP contribution in [0.5, 0.6) is 17.2 Å². The molecule has 0 bridgehead atoms. The van der Waals surface area contributed by atoms with E-state index >= 15 is 4.39 Å². The number of ether oxygens (including phenoxy) is 2. The minimum Gasteiger partial charge on any atom is -0.492 e. The summed E-state index contributed by atoms with van der Waals surface area (Å²) in [4.78, 5) is 38.8. The largest absolute Gasteiger partial charge is 0.492 e. The van der Waals surface area contributed by atoms with Crippen LogP contribution in [0.3, 0.4) is 0 Å². The number of nitrogens with zero attached hydrogens (tertiary/aromatic N) is 4. The number of alkyl halides is 1. The number of nitrogens with one attached hydrogen (secondary N) is 1. The van der Waals surface area contributed by atoms with Gasteiger partial charge in [-0.3, -0.25) is 29.0 Å². The molecule has 1 amide bonds. The summed E-state index contributed by atoms with van der Waals surface area (Å²) in [6.45, 7) is 1.82. The predicted octanol–water partition coefficient (Wildman–Crippen LogP) is 6.92. The van der Waals surface area contributed by atoms with Crippen LogP contribution in [-0.4, -0.2) is 51.2 Å². The number of pyridine rings is 3. The zero-order valence-corrected chi connectivity index (χ0v) is 26.5. The minimum absolute atomic E-state index is 0.0768. The number of thiophene rings is 1. The van der Waals surface area contributed by atoms with Crippen molar-refractivity contribution in [3.8, 4) is 33.5 Å². The first-order chi connectivity index (χ1) is 23.8. The molecule has 2 aromatic carbocycles. The first-order valence-corrected chi connectivity index (χ1v) is 16.3. The molecule has 0 aliphatic carbocycles. The third-order valence-electron chi connectivity index (χ3n) is 8.37. The number of anilines is 1. The fraction of sp³-hybridized carbons (Fsp3) is 0.167. The topological polar surface area (TPSA) is 98.6 Å². The second kappa shape index (κ2) is 12.5. The highest BCUT2D eigenvalue weighted by Crippen LogP contribution is 2.39. The molecule has 1 fully saturated rings. The van der Waals surface area contributed by atoms with Crippen molar-refractivity contribution in [2.45, 2.75) is 19.1 Å². The van der Waals surface area contributed by atoms with Gasteiger partial charge in [-0.05, 0) is 54.1 Å². The summed E-state index contributed by atoms with van der Waals surface area (Å²) in [6, 6.07) is 16.7. The molecular weight excluding hydrogens is 655 g/mol. The second-order valence-corrected chi connectivity index (χ2v) is 12.8. The number of amides is 1. The highest BCUT2D eigenvalue weighted by Gasteiger charge is 2.28. The van der Waals surface area contributed by atoms with Crippen LogP contribution in [0, 0.1) is 11.6 Å². The first-order valence-electron chi connectivity index (χ1n) is 15.5. The Morgan fingerprint density at radius 1 is 1.02 bits per heavy atom. The predicted molar refractivity (Wildman–Crippen MR) is 179 cm³/mol. The van der Waals surface area contributed by atoms with Gasteiger partial charge in [0, 0.05) is 73.7 Å². The van der Waals surface area contributed by atoms with Gasteiger partial charge < -0.3 is 14.8 Å². The Morgan fingerprint density at radius 3 is 2.61 bits per heavy atom. The lowest BCUT2D eigenvalue weighted by Gasteiger charge is -2.34. The van der Waals surface area contributed by atoms with E-state index in [0.29, 0.717) is 59.9 Å². The van der Waals surface area contributed by atoms with Crippen LogP contribution >= 0.6 is 11.3 Å². The normalized spacial score (nSPS) is 14.3. The van der Waals surface area contributed by atoms with Crippen LogP contribution < -0.4 is 20.3 Å². The Hall–Kier alpha value is -5.53. The molecule has 1 saturated heterocycles. The number of hydrogen-bond donors (Lipinski definition) is 1. The molecule has 0 unspecified atom stereocenters. The van der Waals surface area contributed by atoms with Gasteiger partial charge in [-0.1, -0.05) is 6.07 Å². The van der Waals surface area contributed by atoms with Crippen LogP contribution in [-0.2, 0) is 13.0 Å². The number of halogens is 3. The van der Waals surface area contributed by atoms with Crippen LogP contribution in [0.2, 0.25) is 0 Å². The maximum Gasteiger partial charge on any atom is 0.271 e. The van der Waals surface area contributed by atoms with Gasteiger partial charge in [-0.2, -0.15) is 0 Å². The Balaban J connectivity index is 1.01. The highest BCUT2D eigenvalue weighted by molar-refractivity contribution is 7.22. The van der Waals surface area contributed by atoms with Crippen LogP contribution in [0.1, 0.15) is 21.5 Å². The Morgan fingerprint density at radius 2 is 1.86 bits per heavy atom. The summed E-state index contributed by atoms with van der Waals surface area (Å²) in [6.07, 6.45) is 4.66. The average Bonchev–Trinajstić information content (AvgIpc) is 3.74. The molecule has 13 heteroatoms. The van der Waals surface area contributed by atoms with Crippen molar-refractivity contribution in [1.29, 1.82) is 0 Å². The number of carbonyl (C=O) groups excluding carboxylic acids is 1. The minimum atomic E-state index is -0.773. The maximum absolute atomic E-state index is 15.4. The monoisotopic (exact) mass is 681 g/mol. The van der Waals surface area contributed by atoms with E-state index in [4.69, 9.17) is 9.47 Å². The number of likely N-dealkylation sites (tertiary alicyclic amines) is 1. The summed E-state index contributed by atoms with van der Waals surface area (Å²) in [7, 11) is 0. The van der Waals surface area contributed by atoms with Gasteiger partial charge in [0.15, 0.2) is 11.6 Å². The van der Waals surface area contributed by atoms with Crippen molar-refractivity contribution in [3.63, 3.8) is 0 Å². The van der Waals surface area contributed by atoms with Gasteiger partial charge in [-0.25, -0.2) is 13.2 Å². The van der Waals surface area contributed by atoms with E-state index in [2.05, 4.69) is 15.3 Å². The zero-order chi connectivity index (χ0) is 33.6. The summed E-state index contributed by atoms with van der Waals surface area (Å²) in [5, 5.41) is 2.60. The van der Waals surface area contributed by atoms with Crippen molar-refractivity contribution in [3.05, 3.63) is 124 Å². The summed E-state index contributed by atoms with van der Waals surface area (Å²) >= 11 is 1.41. The molecule has 246 valence electrons. The molecule has 0 saturated carbocycles. The lowest BCUT2D eigenvalue weighted by molar-refractivity contribution is 0.0590. The average molecular weight is 682 g/mol. The van der Waals surface area contributed by atoms with Gasteiger partial charge in [0.2, 0.25) is 0 Å². The molecule has 2 aliphatic rings. The van der Waals surface area contributed by atoms with Crippen LogP contribution in [0.15, 0.2) is 90.1 Å². The van der Waals surface area contributed by atoms with E-state index in [-0.39, 0.29) is 22.7 Å². The van der Waals surface area contributed by atoms with Gasteiger partial charge >= 0.3 is 0 Å². The second-order valence-electron chi connectivity index (χ2n) is 11.8. The van der Waals surface area contributed by atoms with E-state index < -0.39 is 29.3 Å². The fourth-order valence-corrected chi connectivity index (χ4v) is 6.95. The van der Waals surface area contributed by atoms with E-state index in [9.17, 15) is 18.4 Å². The van der Waals surface area contributed by atoms with Gasteiger partial charge in [0.25, 0.3) is 11.5 Å². The Kier molecular flexibility index (Phi) is 7.85. The molecule has 9 nitrogen and oxygen atoms in total. The van der Waals surface area contributed by atoms with Gasteiger partial charge in [0.05, 0.1) is 27.4 Å². The fourth-order valence-electron chi connectivity index (χ4n) is 5.90. The number of carbonyl (C=O) groups is 1. The van der Waals surface area contributed by atoms with Crippen molar-refractivity contribution in [2.24, 2.45) is 0 Å². The molecule has 0 atom stereocenters. The third kappa shape index (κ3) is 6.02. The first kappa shape index (κ1) is 30.8. The Bertz CT molecular complexity index is 2290. The van der Waals surface area contributed by atoms with Crippen molar-refractivity contribution >= 4 is 33.1 Å². The molecule has 1 N–H and O–H groups in total. The number of benzene rings is 2. The number of rotatable bonds is 8. The van der Waals surface area contributed by atoms with E-state index in [1.165, 1.54) is 52.3 Å². The molecule has 6 heterocycles. The third-order valence-corrected chi connectivity index (χ3v) is 9.53. The van der Waals surface area contributed by atoms with Crippen LogP contribution in [0.25, 0.3) is 26.5 Å². The maximum atomic E-state index is 15.4. The summed E-state index contributed by atoms with van der Waals surface area (Å²) < 4.78 is 55.7. The molecule has 8 rings (SSSR count). The lowest BCUT2D eigenvalue weighted by Crippen LogP contribution is -2.47. The lowest BCUT2D eigenvalue weighted by atomic mass is 10.1. The molecule has 0 spiro atoms. The molecule has 49 heavy (non-hydrogen) atoms. The van der Waals surface area contributed by atoms with Gasteiger partial charge in [0.1, 0.15) is 29.1 Å². The standard InChI is InChI=1S/C36H26F3N5O4S/c37-22-2-5-25(6-3-22)44-17-21-10-12-47-33(21)32(36(44)46)35(45)42-24-4-8-29(26(39)13-24)48-30-9-11-40-28-14-31(49-34(28)30)27-7-1-20(15-41-27)16-43-18-23(38)19-43/h1-9,11,13-15,17,23H,10,12,16,18-19H2,(H,42,45). The number of hydrogen-bond acceptors (Lipinski definition) is 8. The highest BCUT2D eigenvalue weighted by atomic mass is 32.1. The molecular formula is C36H26F3N5O4S. The number of fused-ring (bicyclic) bond motifs is 2. The summed E-state index contributed by atoms with van der Waals surface area (Å²) in [5.74, 6) is -1.48. The molecule has 6 aromatic rings. The quantitative estimate of drug-likeness (QED) is 0.186. The van der Waals surface area contributed by atoms with E-state index in [1.54, 1.807) is 24.7 Å². The SMILES string of the molecule is O=C(Nc1ccc(Oc2ccnc3cc(-c4ccc(CN5CC(F)C5)cn4)sc23)c(F)c1)c1c2c(cn(-c3ccc(F)cc3)c1=O)CCO2. The van der Waals surface area contributed by atoms with E-state index in [0.717, 1.165) is 22.2 Å². The van der Waals surface area contributed by atoms with Crippen LogP contribution in [0.4, 0.5) is 18.9 Å². The molecule has 2 aliphatic heterocycles. The van der Waals surface area contributed by atoms with Crippen molar-refractivity contribution in [2.75, 3.05) is 25.0 Å². The number of aromatic nitrogens is 3. The summed E-state index contributed by atoms with van der Waals surface area (Å²) in [5.41, 5.74) is 2.65. The van der Waals surface area contributed by atoms with Crippen molar-refractivity contribution in [1.82, 2.24) is 19.4 Å². The smallest absolute Gasteiger partial charge is 0.271 e. The molecule has 4 aromatic heterocycles. The van der Waals surface area contributed by atoms with Gasteiger partial charge in [-0.15, -0.1) is 11.3 Å². The van der Waals surface area contributed by atoms with E-state index in [1.807, 2.05) is 23.1 Å². The zero-order valence-electron chi connectivity index (χ0n) is 25.7. The van der Waals surface area contributed by atoms with Crippen molar-refractivity contribution < 1.29 is 27.4 Å². The molecule has 0 radical (unpaired) electrons.